The molecule has 0 atom stereocenters. The minimum absolute atomic E-state index is 0.181. The van der Waals surface area contributed by atoms with Crippen LogP contribution in [0.1, 0.15) is 26.3 Å². The van der Waals surface area contributed by atoms with E-state index in [4.69, 9.17) is 16.3 Å². The van der Waals surface area contributed by atoms with Crippen LogP contribution >= 0.6 is 27.5 Å². The number of carbonyl (C=O) groups is 2. The average molecular weight is 605 g/mol. The van der Waals surface area contributed by atoms with Crippen LogP contribution in [0.3, 0.4) is 0 Å². The number of nitrogens with zero attached hydrogens (tertiary/aromatic N) is 1. The Balaban J connectivity index is 1.27. The van der Waals surface area contributed by atoms with E-state index in [-0.39, 0.29) is 11.8 Å². The average Bonchev–Trinajstić information content (AvgIpc) is 2.96. The number of hydrogen-bond acceptors (Lipinski definition) is 4. The van der Waals surface area contributed by atoms with Gasteiger partial charge in [-0.15, -0.1) is 0 Å². The number of benzene rings is 4. The Labute approximate surface area is 241 Å². The predicted octanol–water partition coefficient (Wildman–Crippen LogP) is 7.42. The van der Waals surface area contributed by atoms with Crippen molar-refractivity contribution in [1.29, 1.82) is 0 Å². The molecule has 0 aromatic heterocycles. The van der Waals surface area contributed by atoms with Crippen LogP contribution in [0, 0.1) is 6.92 Å². The predicted molar refractivity (Wildman–Crippen MR) is 161 cm³/mol. The summed E-state index contributed by atoms with van der Waals surface area (Å²) in [6.45, 7) is 5.18. The molecule has 2 N–H and O–H groups in total. The normalized spacial score (nSPS) is 13.2. The molecule has 0 bridgehead atoms. The standard InChI is InChI=1S/C31H27BrClN3O3/c1-20-2-3-23(31(38)34-24-8-11-26(12-9-24)36-14-16-39-17-15-36)18-27(20)21-4-6-22(7-5-21)30(37)35-25-10-13-28(32)29(33)19-25/h2-13,18-19H,14-17H2,1H3,(H,34,38)(H,35,37). The van der Waals surface area contributed by atoms with Crippen LogP contribution in [0.2, 0.25) is 5.02 Å². The van der Waals surface area contributed by atoms with Gasteiger partial charge >= 0.3 is 0 Å². The summed E-state index contributed by atoms with van der Waals surface area (Å²) in [6.07, 6.45) is 0. The summed E-state index contributed by atoms with van der Waals surface area (Å²) < 4.78 is 6.18. The number of nitrogens with one attached hydrogen (secondary N) is 2. The highest BCUT2D eigenvalue weighted by atomic mass is 79.9. The van der Waals surface area contributed by atoms with Crippen LogP contribution in [0.15, 0.2) is 89.4 Å². The molecule has 0 saturated carbocycles. The lowest BCUT2D eigenvalue weighted by Crippen LogP contribution is -2.36. The fourth-order valence-corrected chi connectivity index (χ4v) is 4.86. The van der Waals surface area contributed by atoms with E-state index in [0.29, 0.717) is 21.8 Å². The molecule has 198 valence electrons. The first-order valence-electron chi connectivity index (χ1n) is 12.6. The fraction of sp³-hybridized carbons (Fsp3) is 0.161. The number of amides is 2. The molecule has 4 aromatic rings. The van der Waals surface area contributed by atoms with Crippen LogP contribution < -0.4 is 15.5 Å². The summed E-state index contributed by atoms with van der Waals surface area (Å²) in [5.74, 6) is -0.413. The first-order chi connectivity index (χ1) is 18.9. The summed E-state index contributed by atoms with van der Waals surface area (Å²) in [6, 6.07) is 26.1. The van der Waals surface area contributed by atoms with Gasteiger partial charge in [0.15, 0.2) is 0 Å². The molecule has 1 aliphatic heterocycles. The maximum atomic E-state index is 13.1. The Morgan fingerprint density at radius 2 is 1.41 bits per heavy atom. The lowest BCUT2D eigenvalue weighted by molar-refractivity contribution is 0.101. The number of morpholine rings is 1. The van der Waals surface area contributed by atoms with Crippen LogP contribution in [-0.4, -0.2) is 38.1 Å². The molecule has 1 fully saturated rings. The highest BCUT2D eigenvalue weighted by Gasteiger charge is 2.14. The summed E-state index contributed by atoms with van der Waals surface area (Å²) in [5, 5.41) is 6.38. The van der Waals surface area contributed by atoms with E-state index in [2.05, 4.69) is 31.5 Å². The van der Waals surface area contributed by atoms with E-state index in [9.17, 15) is 9.59 Å². The van der Waals surface area contributed by atoms with Crippen molar-refractivity contribution in [3.05, 3.63) is 111 Å². The zero-order chi connectivity index (χ0) is 27.4. The van der Waals surface area contributed by atoms with Crippen molar-refractivity contribution in [2.24, 2.45) is 0 Å². The SMILES string of the molecule is Cc1ccc(C(=O)Nc2ccc(N3CCOCC3)cc2)cc1-c1ccc(C(=O)Nc2ccc(Br)c(Cl)c2)cc1. The zero-order valence-corrected chi connectivity index (χ0v) is 23.7. The van der Waals surface area contributed by atoms with Gasteiger partial charge in [-0.05, 0) is 106 Å². The summed E-state index contributed by atoms with van der Waals surface area (Å²) in [5.41, 5.74) is 6.42. The van der Waals surface area contributed by atoms with E-state index >= 15 is 0 Å². The Morgan fingerprint density at radius 3 is 2.10 bits per heavy atom. The van der Waals surface area contributed by atoms with Gasteiger partial charge in [-0.1, -0.05) is 29.8 Å². The summed E-state index contributed by atoms with van der Waals surface area (Å²) in [7, 11) is 0. The minimum atomic E-state index is -0.232. The number of hydrogen-bond donors (Lipinski definition) is 2. The number of halogens is 2. The van der Waals surface area contributed by atoms with Gasteiger partial charge in [-0.3, -0.25) is 9.59 Å². The maximum absolute atomic E-state index is 13.1. The zero-order valence-electron chi connectivity index (χ0n) is 21.3. The van der Waals surface area contributed by atoms with Gasteiger partial charge in [-0.2, -0.15) is 0 Å². The molecule has 2 amide bonds. The Morgan fingerprint density at radius 1 is 0.795 bits per heavy atom. The maximum Gasteiger partial charge on any atom is 0.255 e. The van der Waals surface area contributed by atoms with Crippen molar-refractivity contribution in [3.63, 3.8) is 0 Å². The van der Waals surface area contributed by atoms with E-state index in [1.165, 1.54) is 0 Å². The monoisotopic (exact) mass is 603 g/mol. The second kappa shape index (κ2) is 12.0. The molecule has 6 nitrogen and oxygen atoms in total. The molecule has 8 heteroatoms. The van der Waals surface area contributed by atoms with Crippen molar-refractivity contribution in [2.75, 3.05) is 41.8 Å². The third-order valence-electron chi connectivity index (χ3n) is 6.64. The largest absolute Gasteiger partial charge is 0.378 e. The molecule has 0 unspecified atom stereocenters. The Bertz CT molecular complexity index is 1500. The second-order valence-electron chi connectivity index (χ2n) is 9.29. The number of carbonyl (C=O) groups excluding carboxylic acids is 2. The van der Waals surface area contributed by atoms with Gasteiger partial charge in [0.05, 0.1) is 18.2 Å². The minimum Gasteiger partial charge on any atom is -0.378 e. The first-order valence-corrected chi connectivity index (χ1v) is 13.8. The topological polar surface area (TPSA) is 70.7 Å². The number of aryl methyl sites for hydroxylation is 1. The van der Waals surface area contributed by atoms with E-state index in [0.717, 1.165) is 58.8 Å². The lowest BCUT2D eigenvalue weighted by atomic mass is 9.97. The molecule has 39 heavy (non-hydrogen) atoms. The Hall–Kier alpha value is -3.65. The van der Waals surface area contributed by atoms with Crippen LogP contribution in [0.25, 0.3) is 11.1 Å². The first kappa shape index (κ1) is 26.9. The molecule has 1 heterocycles. The second-order valence-corrected chi connectivity index (χ2v) is 10.6. The molecule has 1 aliphatic rings. The van der Waals surface area contributed by atoms with Crippen LogP contribution in [0.5, 0.6) is 0 Å². The van der Waals surface area contributed by atoms with Crippen molar-refractivity contribution in [3.8, 4) is 11.1 Å². The molecule has 1 saturated heterocycles. The van der Waals surface area contributed by atoms with Gasteiger partial charge in [0.25, 0.3) is 11.8 Å². The highest BCUT2D eigenvalue weighted by molar-refractivity contribution is 9.10. The summed E-state index contributed by atoms with van der Waals surface area (Å²) >= 11 is 9.48. The molecular weight excluding hydrogens is 578 g/mol. The molecule has 0 aliphatic carbocycles. The Kier molecular flexibility index (Phi) is 8.31. The number of anilines is 3. The van der Waals surface area contributed by atoms with Gasteiger partial charge < -0.3 is 20.3 Å². The smallest absolute Gasteiger partial charge is 0.255 e. The number of rotatable bonds is 6. The third-order valence-corrected chi connectivity index (χ3v) is 7.87. The van der Waals surface area contributed by atoms with Crippen LogP contribution in [0.4, 0.5) is 17.1 Å². The van der Waals surface area contributed by atoms with Crippen molar-refractivity contribution < 1.29 is 14.3 Å². The molecule has 0 spiro atoms. The fourth-order valence-electron chi connectivity index (χ4n) is 4.43. The van der Waals surface area contributed by atoms with E-state index in [1.54, 1.807) is 30.3 Å². The van der Waals surface area contributed by atoms with Gasteiger partial charge in [0.2, 0.25) is 0 Å². The van der Waals surface area contributed by atoms with Crippen molar-refractivity contribution >= 4 is 56.4 Å². The summed E-state index contributed by atoms with van der Waals surface area (Å²) in [4.78, 5) is 28.1. The molecule has 4 aromatic carbocycles. The van der Waals surface area contributed by atoms with Gasteiger partial charge in [0.1, 0.15) is 0 Å². The van der Waals surface area contributed by atoms with Gasteiger partial charge in [0, 0.05) is 45.8 Å². The molecular formula is C31H27BrClN3O3. The van der Waals surface area contributed by atoms with Crippen LogP contribution in [-0.2, 0) is 4.74 Å². The lowest BCUT2D eigenvalue weighted by Gasteiger charge is -2.28. The highest BCUT2D eigenvalue weighted by Crippen LogP contribution is 2.28. The molecule has 5 rings (SSSR count). The third kappa shape index (κ3) is 6.50. The van der Waals surface area contributed by atoms with Gasteiger partial charge in [-0.25, -0.2) is 0 Å². The van der Waals surface area contributed by atoms with Crippen molar-refractivity contribution in [1.82, 2.24) is 0 Å². The number of ether oxygens (including phenoxy) is 1. The van der Waals surface area contributed by atoms with E-state index in [1.807, 2.05) is 61.5 Å². The molecule has 0 radical (unpaired) electrons. The van der Waals surface area contributed by atoms with Crippen molar-refractivity contribution in [2.45, 2.75) is 6.92 Å². The van der Waals surface area contributed by atoms with E-state index < -0.39 is 0 Å². The quantitative estimate of drug-likeness (QED) is 0.240.